The van der Waals surface area contributed by atoms with Crippen LogP contribution >= 0.6 is 12.4 Å². The second kappa shape index (κ2) is 7.87. The molecule has 2 atom stereocenters. The standard InChI is InChI=1S/C16H26N2O.ClH/c1-12-6-7-16(19-3)14(9-12)11-18-8-4-5-13(2)15(18)10-17;/h6-7,9,13,15H,4-5,8,10-11,17H2,1-3H3;1H. The predicted octanol–water partition coefficient (Wildman–Crippen LogP) is 2.98. The summed E-state index contributed by atoms with van der Waals surface area (Å²) in [4.78, 5) is 2.52. The molecule has 0 bridgehead atoms. The number of benzene rings is 1. The summed E-state index contributed by atoms with van der Waals surface area (Å²) in [5.41, 5.74) is 8.52. The van der Waals surface area contributed by atoms with Crippen molar-refractivity contribution in [3.05, 3.63) is 29.3 Å². The lowest BCUT2D eigenvalue weighted by molar-refractivity contribution is 0.0982. The van der Waals surface area contributed by atoms with Gasteiger partial charge in [-0.15, -0.1) is 12.4 Å². The van der Waals surface area contributed by atoms with Crippen LogP contribution in [0.2, 0.25) is 0 Å². The summed E-state index contributed by atoms with van der Waals surface area (Å²) < 4.78 is 5.48. The van der Waals surface area contributed by atoms with Crippen LogP contribution in [-0.2, 0) is 6.54 Å². The van der Waals surface area contributed by atoms with Gasteiger partial charge in [0.05, 0.1) is 7.11 Å². The highest BCUT2D eigenvalue weighted by Gasteiger charge is 2.27. The van der Waals surface area contributed by atoms with Gasteiger partial charge in [-0.05, 0) is 38.3 Å². The number of nitrogens with two attached hydrogens (primary N) is 1. The van der Waals surface area contributed by atoms with Crippen molar-refractivity contribution in [2.75, 3.05) is 20.2 Å². The largest absolute Gasteiger partial charge is 0.496 e. The Hall–Kier alpha value is -0.770. The second-order valence-electron chi connectivity index (χ2n) is 5.71. The minimum absolute atomic E-state index is 0. The molecule has 1 aliphatic heterocycles. The Morgan fingerprint density at radius 3 is 2.80 bits per heavy atom. The van der Waals surface area contributed by atoms with E-state index in [9.17, 15) is 0 Å². The molecule has 2 unspecified atom stereocenters. The van der Waals surface area contributed by atoms with Gasteiger partial charge in [0.2, 0.25) is 0 Å². The molecular weight excluding hydrogens is 272 g/mol. The van der Waals surface area contributed by atoms with Crippen LogP contribution in [0.1, 0.15) is 30.9 Å². The summed E-state index contributed by atoms with van der Waals surface area (Å²) in [7, 11) is 1.74. The smallest absolute Gasteiger partial charge is 0.123 e. The topological polar surface area (TPSA) is 38.5 Å². The van der Waals surface area contributed by atoms with Gasteiger partial charge in [-0.2, -0.15) is 0 Å². The fraction of sp³-hybridized carbons (Fsp3) is 0.625. The Kier molecular flexibility index (Phi) is 6.80. The number of piperidine rings is 1. The first-order valence-electron chi connectivity index (χ1n) is 7.23. The van der Waals surface area contributed by atoms with Crippen molar-refractivity contribution in [1.82, 2.24) is 4.90 Å². The molecule has 20 heavy (non-hydrogen) atoms. The molecule has 2 N–H and O–H groups in total. The molecule has 0 saturated carbocycles. The fourth-order valence-electron chi connectivity index (χ4n) is 3.16. The first kappa shape index (κ1) is 17.3. The third kappa shape index (κ3) is 3.87. The Morgan fingerprint density at radius 1 is 1.40 bits per heavy atom. The van der Waals surface area contributed by atoms with E-state index in [0.717, 1.165) is 25.4 Å². The average Bonchev–Trinajstić information content (AvgIpc) is 2.39. The van der Waals surface area contributed by atoms with Crippen LogP contribution in [0, 0.1) is 12.8 Å². The van der Waals surface area contributed by atoms with E-state index in [4.69, 9.17) is 10.5 Å². The molecule has 114 valence electrons. The number of aryl methyl sites for hydroxylation is 1. The molecule has 0 aromatic heterocycles. The number of ether oxygens (including phenoxy) is 1. The molecule has 0 aliphatic carbocycles. The van der Waals surface area contributed by atoms with Crippen molar-refractivity contribution in [2.24, 2.45) is 11.7 Å². The van der Waals surface area contributed by atoms with E-state index in [1.165, 1.54) is 24.0 Å². The molecule has 1 heterocycles. The second-order valence-corrected chi connectivity index (χ2v) is 5.71. The number of hydrogen-bond acceptors (Lipinski definition) is 3. The van der Waals surface area contributed by atoms with Crippen LogP contribution in [0.25, 0.3) is 0 Å². The number of hydrogen-bond donors (Lipinski definition) is 1. The minimum atomic E-state index is 0. The minimum Gasteiger partial charge on any atom is -0.496 e. The van der Waals surface area contributed by atoms with E-state index >= 15 is 0 Å². The normalized spacial score (nSPS) is 23.2. The zero-order valence-corrected chi connectivity index (χ0v) is 13.6. The van der Waals surface area contributed by atoms with Crippen molar-refractivity contribution in [1.29, 1.82) is 0 Å². The zero-order chi connectivity index (χ0) is 13.8. The van der Waals surface area contributed by atoms with E-state index in [2.05, 4.69) is 36.9 Å². The third-order valence-corrected chi connectivity index (χ3v) is 4.28. The van der Waals surface area contributed by atoms with Crippen molar-refractivity contribution in [3.63, 3.8) is 0 Å². The lowest BCUT2D eigenvalue weighted by Gasteiger charge is -2.39. The molecular formula is C16H27ClN2O. The van der Waals surface area contributed by atoms with Crippen molar-refractivity contribution < 1.29 is 4.74 Å². The van der Waals surface area contributed by atoms with E-state index in [-0.39, 0.29) is 12.4 Å². The lowest BCUT2D eigenvalue weighted by Crippen LogP contribution is -2.48. The Bertz CT molecular complexity index is 425. The van der Waals surface area contributed by atoms with Crippen molar-refractivity contribution in [3.8, 4) is 5.75 Å². The molecule has 1 aliphatic rings. The third-order valence-electron chi connectivity index (χ3n) is 4.28. The summed E-state index contributed by atoms with van der Waals surface area (Å²) in [5, 5.41) is 0. The molecule has 1 fully saturated rings. The summed E-state index contributed by atoms with van der Waals surface area (Å²) >= 11 is 0. The van der Waals surface area contributed by atoms with Gasteiger partial charge in [-0.1, -0.05) is 24.6 Å². The molecule has 3 nitrogen and oxygen atoms in total. The average molecular weight is 299 g/mol. The number of methoxy groups -OCH3 is 1. The molecule has 2 rings (SSSR count). The maximum absolute atomic E-state index is 5.97. The molecule has 0 radical (unpaired) electrons. The Labute approximate surface area is 128 Å². The molecule has 0 spiro atoms. The van der Waals surface area contributed by atoms with Gasteiger partial charge in [0.1, 0.15) is 5.75 Å². The van der Waals surface area contributed by atoms with Gasteiger partial charge >= 0.3 is 0 Å². The quantitative estimate of drug-likeness (QED) is 0.929. The maximum Gasteiger partial charge on any atom is 0.123 e. The molecule has 1 saturated heterocycles. The van der Waals surface area contributed by atoms with E-state index < -0.39 is 0 Å². The zero-order valence-electron chi connectivity index (χ0n) is 12.8. The highest BCUT2D eigenvalue weighted by Crippen LogP contribution is 2.27. The number of likely N-dealkylation sites (tertiary alicyclic amines) is 1. The van der Waals surface area contributed by atoms with E-state index in [1.807, 2.05) is 0 Å². The van der Waals surface area contributed by atoms with Crippen molar-refractivity contribution >= 4 is 12.4 Å². The van der Waals surface area contributed by atoms with Gasteiger partial charge < -0.3 is 10.5 Å². The van der Waals surface area contributed by atoms with Gasteiger partial charge in [-0.25, -0.2) is 0 Å². The number of rotatable bonds is 4. The first-order chi connectivity index (χ1) is 9.15. The van der Waals surface area contributed by atoms with Gasteiger partial charge in [0.25, 0.3) is 0 Å². The van der Waals surface area contributed by atoms with Crippen LogP contribution in [0.5, 0.6) is 5.75 Å². The maximum atomic E-state index is 5.97. The van der Waals surface area contributed by atoms with Crippen LogP contribution in [0.3, 0.4) is 0 Å². The highest BCUT2D eigenvalue weighted by molar-refractivity contribution is 5.85. The Balaban J connectivity index is 0.00000200. The summed E-state index contributed by atoms with van der Waals surface area (Å²) in [6, 6.07) is 6.89. The van der Waals surface area contributed by atoms with Crippen molar-refractivity contribution in [2.45, 2.75) is 39.3 Å². The molecule has 0 amide bonds. The van der Waals surface area contributed by atoms with E-state index in [1.54, 1.807) is 7.11 Å². The number of halogens is 1. The van der Waals surface area contributed by atoms with Crippen LogP contribution in [0.15, 0.2) is 18.2 Å². The monoisotopic (exact) mass is 298 g/mol. The lowest BCUT2D eigenvalue weighted by atomic mass is 9.90. The van der Waals surface area contributed by atoms with Crippen LogP contribution < -0.4 is 10.5 Å². The summed E-state index contributed by atoms with van der Waals surface area (Å²) in [6.07, 6.45) is 2.56. The summed E-state index contributed by atoms with van der Waals surface area (Å²) in [5.74, 6) is 1.68. The van der Waals surface area contributed by atoms with Crippen LogP contribution in [0.4, 0.5) is 0 Å². The number of nitrogens with zero attached hydrogens (tertiary/aromatic N) is 1. The van der Waals surface area contributed by atoms with Gasteiger partial charge in [-0.3, -0.25) is 4.90 Å². The summed E-state index contributed by atoms with van der Waals surface area (Å²) in [6.45, 7) is 7.27. The Morgan fingerprint density at radius 2 is 2.15 bits per heavy atom. The molecule has 1 aromatic rings. The van der Waals surface area contributed by atoms with E-state index in [0.29, 0.717) is 12.0 Å². The first-order valence-corrected chi connectivity index (χ1v) is 7.23. The highest BCUT2D eigenvalue weighted by atomic mass is 35.5. The van der Waals surface area contributed by atoms with Gasteiger partial charge in [0.15, 0.2) is 0 Å². The van der Waals surface area contributed by atoms with Crippen LogP contribution in [-0.4, -0.2) is 31.1 Å². The van der Waals surface area contributed by atoms with Gasteiger partial charge in [0, 0.05) is 24.7 Å². The fourth-order valence-corrected chi connectivity index (χ4v) is 3.16. The predicted molar refractivity (Wildman–Crippen MR) is 86.6 cm³/mol. The molecule has 4 heteroatoms. The molecule has 1 aromatic carbocycles. The SMILES string of the molecule is COc1ccc(C)cc1CN1CCCC(C)C1CN.Cl.